The van der Waals surface area contributed by atoms with Crippen molar-refractivity contribution in [1.29, 1.82) is 0 Å². The van der Waals surface area contributed by atoms with Crippen LogP contribution in [0, 0.1) is 13.8 Å². The number of halogens is 1. The van der Waals surface area contributed by atoms with Crippen LogP contribution >= 0.6 is 11.6 Å². The van der Waals surface area contributed by atoms with Gasteiger partial charge in [0.2, 0.25) is 0 Å². The van der Waals surface area contributed by atoms with E-state index in [2.05, 4.69) is 20.6 Å². The highest BCUT2D eigenvalue weighted by Gasteiger charge is 2.12. The van der Waals surface area contributed by atoms with Crippen molar-refractivity contribution in [2.24, 2.45) is 0 Å². The summed E-state index contributed by atoms with van der Waals surface area (Å²) in [6, 6.07) is 13.8. The number of hydrogen-bond acceptors (Lipinski definition) is 5. The number of hydrogen-bond donors (Lipinski definition) is 2. The maximum atomic E-state index is 12.6. The van der Waals surface area contributed by atoms with Crippen molar-refractivity contribution in [3.63, 3.8) is 0 Å². The molecule has 0 atom stereocenters. The number of benzene rings is 2. The molecule has 1 amide bonds. The average molecular weight is 395 g/mol. The van der Waals surface area contributed by atoms with Crippen LogP contribution in [0.5, 0.6) is 0 Å². The highest BCUT2D eigenvalue weighted by Crippen LogP contribution is 2.24. The molecule has 0 fully saturated rings. The SMILES string of the molecule is CC(=O)c1cccc(NC(=O)c2cc(Nc3cc(Cl)ccc3C)nc(C)n2)c1. The van der Waals surface area contributed by atoms with E-state index in [9.17, 15) is 9.59 Å². The average Bonchev–Trinajstić information content (AvgIpc) is 2.64. The number of ketones is 1. The molecule has 0 radical (unpaired) electrons. The molecule has 0 unspecified atom stereocenters. The van der Waals surface area contributed by atoms with Crippen LogP contribution in [0.15, 0.2) is 48.5 Å². The van der Waals surface area contributed by atoms with Crippen molar-refractivity contribution >= 4 is 40.5 Å². The molecule has 28 heavy (non-hydrogen) atoms. The predicted molar refractivity (Wildman–Crippen MR) is 111 cm³/mol. The fourth-order valence-electron chi connectivity index (χ4n) is 2.63. The van der Waals surface area contributed by atoms with Gasteiger partial charge in [0.15, 0.2) is 5.78 Å². The maximum Gasteiger partial charge on any atom is 0.274 e. The Morgan fingerprint density at radius 3 is 2.54 bits per heavy atom. The summed E-state index contributed by atoms with van der Waals surface area (Å²) in [4.78, 5) is 32.7. The number of aromatic nitrogens is 2. The summed E-state index contributed by atoms with van der Waals surface area (Å²) >= 11 is 6.06. The second-order valence-electron chi connectivity index (χ2n) is 6.36. The van der Waals surface area contributed by atoms with E-state index in [1.807, 2.05) is 13.0 Å². The summed E-state index contributed by atoms with van der Waals surface area (Å²) in [5.41, 5.74) is 3.05. The molecule has 1 heterocycles. The summed E-state index contributed by atoms with van der Waals surface area (Å²) in [7, 11) is 0. The molecule has 0 spiro atoms. The number of carbonyl (C=O) groups is 2. The number of aryl methyl sites for hydroxylation is 2. The molecule has 1 aromatic heterocycles. The molecular weight excluding hydrogens is 376 g/mol. The molecule has 0 aliphatic rings. The second-order valence-corrected chi connectivity index (χ2v) is 6.80. The lowest BCUT2D eigenvalue weighted by molar-refractivity contribution is 0.100. The fourth-order valence-corrected chi connectivity index (χ4v) is 2.80. The van der Waals surface area contributed by atoms with Gasteiger partial charge in [-0.1, -0.05) is 29.8 Å². The van der Waals surface area contributed by atoms with Gasteiger partial charge in [0.1, 0.15) is 17.3 Å². The van der Waals surface area contributed by atoms with Gasteiger partial charge in [-0.2, -0.15) is 0 Å². The molecule has 0 saturated heterocycles. The smallest absolute Gasteiger partial charge is 0.274 e. The topological polar surface area (TPSA) is 84.0 Å². The van der Waals surface area contributed by atoms with Crippen molar-refractivity contribution in [3.8, 4) is 0 Å². The largest absolute Gasteiger partial charge is 0.340 e. The van der Waals surface area contributed by atoms with Gasteiger partial charge in [0.25, 0.3) is 5.91 Å². The third-order valence-corrected chi connectivity index (χ3v) is 4.30. The lowest BCUT2D eigenvalue weighted by Crippen LogP contribution is -2.15. The van der Waals surface area contributed by atoms with E-state index in [0.29, 0.717) is 27.9 Å². The summed E-state index contributed by atoms with van der Waals surface area (Å²) in [5, 5.41) is 6.54. The van der Waals surface area contributed by atoms with Crippen LogP contribution in [0.3, 0.4) is 0 Å². The van der Waals surface area contributed by atoms with Crippen LogP contribution in [0.2, 0.25) is 5.02 Å². The van der Waals surface area contributed by atoms with Crippen LogP contribution in [0.4, 0.5) is 17.2 Å². The van der Waals surface area contributed by atoms with Crippen molar-refractivity contribution < 1.29 is 9.59 Å². The van der Waals surface area contributed by atoms with Gasteiger partial charge in [-0.3, -0.25) is 9.59 Å². The Kier molecular flexibility index (Phi) is 5.70. The van der Waals surface area contributed by atoms with Gasteiger partial charge in [0, 0.05) is 28.0 Å². The summed E-state index contributed by atoms with van der Waals surface area (Å²) in [5.74, 6) is 0.474. The first kappa shape index (κ1) is 19.5. The van der Waals surface area contributed by atoms with E-state index < -0.39 is 5.91 Å². The first-order valence-corrected chi connectivity index (χ1v) is 9.01. The first-order valence-electron chi connectivity index (χ1n) is 8.63. The van der Waals surface area contributed by atoms with Gasteiger partial charge in [-0.15, -0.1) is 0 Å². The zero-order chi connectivity index (χ0) is 20.3. The molecule has 7 heteroatoms. The Morgan fingerprint density at radius 1 is 1.00 bits per heavy atom. The Balaban J connectivity index is 1.84. The lowest BCUT2D eigenvalue weighted by Gasteiger charge is -2.11. The summed E-state index contributed by atoms with van der Waals surface area (Å²) in [6.45, 7) is 5.13. The fraction of sp³-hybridized carbons (Fsp3) is 0.143. The quantitative estimate of drug-likeness (QED) is 0.598. The van der Waals surface area contributed by atoms with Crippen LogP contribution < -0.4 is 10.6 Å². The number of nitrogens with zero attached hydrogens (tertiary/aromatic N) is 2. The minimum absolute atomic E-state index is 0.0719. The Morgan fingerprint density at radius 2 is 1.79 bits per heavy atom. The second kappa shape index (κ2) is 8.19. The number of nitrogens with one attached hydrogen (secondary N) is 2. The number of anilines is 3. The minimum atomic E-state index is -0.392. The van der Waals surface area contributed by atoms with E-state index in [1.165, 1.54) is 6.92 Å². The van der Waals surface area contributed by atoms with E-state index in [-0.39, 0.29) is 11.5 Å². The van der Waals surface area contributed by atoms with Crippen molar-refractivity contribution in [1.82, 2.24) is 9.97 Å². The molecule has 142 valence electrons. The molecule has 2 aromatic carbocycles. The third kappa shape index (κ3) is 4.72. The van der Waals surface area contributed by atoms with Crippen molar-refractivity contribution in [2.75, 3.05) is 10.6 Å². The third-order valence-electron chi connectivity index (χ3n) is 4.06. The van der Waals surface area contributed by atoms with E-state index in [0.717, 1.165) is 11.3 Å². The first-order chi connectivity index (χ1) is 13.3. The molecule has 3 rings (SSSR count). The minimum Gasteiger partial charge on any atom is -0.340 e. The number of carbonyl (C=O) groups excluding carboxylic acids is 2. The predicted octanol–water partition coefficient (Wildman–Crippen LogP) is 4.95. The molecule has 3 aromatic rings. The van der Waals surface area contributed by atoms with E-state index >= 15 is 0 Å². The number of amides is 1. The van der Waals surface area contributed by atoms with Gasteiger partial charge in [-0.25, -0.2) is 9.97 Å². The Labute approximate surface area is 168 Å². The molecule has 0 saturated carbocycles. The Bertz CT molecular complexity index is 1070. The molecule has 0 bridgehead atoms. The van der Waals surface area contributed by atoms with E-state index in [4.69, 9.17) is 11.6 Å². The molecule has 0 aliphatic carbocycles. The van der Waals surface area contributed by atoms with Gasteiger partial charge >= 0.3 is 0 Å². The lowest BCUT2D eigenvalue weighted by atomic mass is 10.1. The monoisotopic (exact) mass is 394 g/mol. The molecular formula is C21H19ClN4O2. The van der Waals surface area contributed by atoms with E-state index in [1.54, 1.807) is 49.4 Å². The molecule has 2 N–H and O–H groups in total. The maximum absolute atomic E-state index is 12.6. The van der Waals surface area contributed by atoms with Crippen LogP contribution in [0.25, 0.3) is 0 Å². The van der Waals surface area contributed by atoms with Crippen LogP contribution in [-0.2, 0) is 0 Å². The normalized spacial score (nSPS) is 10.4. The van der Waals surface area contributed by atoms with Crippen LogP contribution in [-0.4, -0.2) is 21.7 Å². The van der Waals surface area contributed by atoms with Gasteiger partial charge in [0.05, 0.1) is 0 Å². The summed E-state index contributed by atoms with van der Waals surface area (Å²) < 4.78 is 0. The molecule has 0 aliphatic heterocycles. The van der Waals surface area contributed by atoms with Gasteiger partial charge < -0.3 is 10.6 Å². The highest BCUT2D eigenvalue weighted by atomic mass is 35.5. The number of rotatable bonds is 5. The van der Waals surface area contributed by atoms with Crippen molar-refractivity contribution in [3.05, 3.63) is 76.2 Å². The Hall–Kier alpha value is -3.25. The zero-order valence-electron chi connectivity index (χ0n) is 15.7. The standard InChI is InChI=1S/C21H19ClN4O2/c1-12-7-8-16(22)10-18(12)26-20-11-19(23-14(3)24-20)21(28)25-17-6-4-5-15(9-17)13(2)27/h4-11H,1-3H3,(H,25,28)(H,23,24,26). The van der Waals surface area contributed by atoms with Crippen molar-refractivity contribution in [2.45, 2.75) is 20.8 Å². The van der Waals surface area contributed by atoms with Crippen LogP contribution in [0.1, 0.15) is 39.2 Å². The molecule has 6 nitrogen and oxygen atoms in total. The number of Topliss-reactive ketones (excluding diaryl/α,β-unsaturated/α-hetero) is 1. The summed E-state index contributed by atoms with van der Waals surface area (Å²) in [6.07, 6.45) is 0. The van der Waals surface area contributed by atoms with Gasteiger partial charge in [-0.05, 0) is 50.6 Å². The highest BCUT2D eigenvalue weighted by molar-refractivity contribution is 6.30. The zero-order valence-corrected chi connectivity index (χ0v) is 16.5.